The second kappa shape index (κ2) is 13.3. The normalized spacial score (nSPS) is 12.1. The van der Waals surface area contributed by atoms with Gasteiger partial charge in [-0.2, -0.15) is 0 Å². The highest BCUT2D eigenvalue weighted by atomic mass is 127. The van der Waals surface area contributed by atoms with Gasteiger partial charge >= 0.3 is 0 Å². The maximum atomic E-state index is 5.70. The first-order valence-electron chi connectivity index (χ1n) is 8.01. The fourth-order valence-electron chi connectivity index (χ4n) is 1.79. The van der Waals surface area contributed by atoms with E-state index >= 15 is 0 Å². The van der Waals surface area contributed by atoms with Gasteiger partial charge in [-0.15, -0.1) is 24.0 Å². The molecule has 5 nitrogen and oxygen atoms in total. The summed E-state index contributed by atoms with van der Waals surface area (Å²) in [6.45, 7) is 8.61. The van der Waals surface area contributed by atoms with Crippen LogP contribution in [0.2, 0.25) is 0 Å². The lowest BCUT2D eigenvalue weighted by Gasteiger charge is -2.16. The van der Waals surface area contributed by atoms with E-state index in [1.807, 2.05) is 24.3 Å². The first-order chi connectivity index (χ1) is 10.7. The summed E-state index contributed by atoms with van der Waals surface area (Å²) < 4.78 is 10.9. The summed E-state index contributed by atoms with van der Waals surface area (Å²) in [6, 6.07) is 8.07. The summed E-state index contributed by atoms with van der Waals surface area (Å²) in [7, 11) is 1.65. The predicted octanol–water partition coefficient (Wildman–Crippen LogP) is 3.44. The summed E-state index contributed by atoms with van der Waals surface area (Å²) in [6.07, 6.45) is 1.94. The number of hydrogen-bond donors (Lipinski definition) is 2. The Bertz CT molecular complexity index is 455. The molecule has 2 N–H and O–H groups in total. The number of nitrogens with zero attached hydrogens (tertiary/aromatic N) is 1. The molecule has 1 aromatic rings. The monoisotopic (exact) mass is 435 g/mol. The highest BCUT2D eigenvalue weighted by Crippen LogP contribution is 2.18. The Kier molecular flexibility index (Phi) is 12.6. The molecule has 1 rings (SSSR count). The minimum Gasteiger partial charge on any atom is -0.497 e. The first kappa shape index (κ1) is 21.8. The lowest BCUT2D eigenvalue weighted by Crippen LogP contribution is -2.42. The van der Waals surface area contributed by atoms with Crippen molar-refractivity contribution in [2.24, 2.45) is 4.99 Å². The minimum absolute atomic E-state index is 0. The molecule has 0 aliphatic carbocycles. The average molecular weight is 435 g/mol. The molecule has 0 aliphatic rings. The molecule has 0 spiro atoms. The standard InChI is InChI=1S/C17H29N3O2.HI/c1-5-14(3)20-17(18-6-2)19-11-8-12-22-16-10-7-9-15(13-16)21-4;/h7,9-10,13-14H,5-6,8,11-12H2,1-4H3,(H2,18,19,20);1H. The zero-order chi connectivity index (χ0) is 16.2. The molecule has 6 heteroatoms. The van der Waals surface area contributed by atoms with Crippen LogP contribution < -0.4 is 20.1 Å². The van der Waals surface area contributed by atoms with Crippen molar-refractivity contribution in [2.45, 2.75) is 39.7 Å². The third-order valence-corrected chi connectivity index (χ3v) is 3.22. The van der Waals surface area contributed by atoms with E-state index in [2.05, 4.69) is 36.4 Å². The third kappa shape index (κ3) is 9.53. The van der Waals surface area contributed by atoms with E-state index in [4.69, 9.17) is 9.47 Å². The second-order valence-electron chi connectivity index (χ2n) is 5.10. The van der Waals surface area contributed by atoms with Gasteiger partial charge in [0.15, 0.2) is 5.96 Å². The minimum atomic E-state index is 0. The number of halogens is 1. The molecule has 0 bridgehead atoms. The molecule has 23 heavy (non-hydrogen) atoms. The molecule has 1 unspecified atom stereocenters. The molecule has 0 radical (unpaired) electrons. The van der Waals surface area contributed by atoms with Crippen LogP contribution in [-0.4, -0.2) is 38.8 Å². The second-order valence-corrected chi connectivity index (χ2v) is 5.10. The molecule has 0 saturated carbocycles. The molecule has 132 valence electrons. The molecule has 0 fully saturated rings. The highest BCUT2D eigenvalue weighted by molar-refractivity contribution is 14.0. The maximum Gasteiger partial charge on any atom is 0.191 e. The van der Waals surface area contributed by atoms with Crippen LogP contribution in [-0.2, 0) is 0 Å². The number of aliphatic imine (C=N–C) groups is 1. The van der Waals surface area contributed by atoms with Crippen LogP contribution in [0.4, 0.5) is 0 Å². The van der Waals surface area contributed by atoms with E-state index in [1.165, 1.54) is 0 Å². The molecule has 0 aliphatic heterocycles. The maximum absolute atomic E-state index is 5.70. The molecule has 0 amide bonds. The van der Waals surface area contributed by atoms with E-state index in [-0.39, 0.29) is 24.0 Å². The third-order valence-electron chi connectivity index (χ3n) is 3.22. The number of rotatable bonds is 9. The Balaban J connectivity index is 0.00000484. The Morgan fingerprint density at radius 2 is 2.00 bits per heavy atom. The fraction of sp³-hybridized carbons (Fsp3) is 0.588. The first-order valence-corrected chi connectivity index (χ1v) is 8.01. The summed E-state index contributed by atoms with van der Waals surface area (Å²) in [4.78, 5) is 4.56. The van der Waals surface area contributed by atoms with Gasteiger partial charge in [-0.1, -0.05) is 13.0 Å². The largest absolute Gasteiger partial charge is 0.497 e. The zero-order valence-electron chi connectivity index (χ0n) is 14.6. The van der Waals surface area contributed by atoms with Crippen molar-refractivity contribution in [2.75, 3.05) is 26.8 Å². The van der Waals surface area contributed by atoms with Crippen LogP contribution in [0.5, 0.6) is 11.5 Å². The van der Waals surface area contributed by atoms with Crippen molar-refractivity contribution in [1.29, 1.82) is 0 Å². The highest BCUT2D eigenvalue weighted by Gasteiger charge is 2.02. The Morgan fingerprint density at radius 1 is 1.26 bits per heavy atom. The van der Waals surface area contributed by atoms with Gasteiger partial charge in [-0.3, -0.25) is 4.99 Å². The summed E-state index contributed by atoms with van der Waals surface area (Å²) in [5.74, 6) is 2.51. The summed E-state index contributed by atoms with van der Waals surface area (Å²) in [5, 5.41) is 6.63. The van der Waals surface area contributed by atoms with Crippen LogP contribution >= 0.6 is 24.0 Å². The molecule has 0 saturated heterocycles. The van der Waals surface area contributed by atoms with Crippen LogP contribution in [0.15, 0.2) is 29.3 Å². The van der Waals surface area contributed by atoms with Gasteiger partial charge in [-0.25, -0.2) is 0 Å². The van der Waals surface area contributed by atoms with Gasteiger partial charge in [0.2, 0.25) is 0 Å². The van der Waals surface area contributed by atoms with E-state index in [9.17, 15) is 0 Å². The molecule has 1 aromatic carbocycles. The van der Waals surface area contributed by atoms with Crippen molar-refractivity contribution < 1.29 is 9.47 Å². The molecule has 0 aromatic heterocycles. The quantitative estimate of drug-likeness (QED) is 0.270. The van der Waals surface area contributed by atoms with Crippen molar-refractivity contribution in [3.63, 3.8) is 0 Å². The van der Waals surface area contributed by atoms with Crippen molar-refractivity contribution in [3.05, 3.63) is 24.3 Å². The number of nitrogens with one attached hydrogen (secondary N) is 2. The fourth-order valence-corrected chi connectivity index (χ4v) is 1.79. The smallest absolute Gasteiger partial charge is 0.191 e. The number of methoxy groups -OCH3 is 1. The number of ether oxygens (including phenoxy) is 2. The van der Waals surface area contributed by atoms with Crippen LogP contribution in [0.25, 0.3) is 0 Å². The van der Waals surface area contributed by atoms with Crippen LogP contribution in [0, 0.1) is 0 Å². The van der Waals surface area contributed by atoms with Crippen LogP contribution in [0.1, 0.15) is 33.6 Å². The molecule has 1 atom stereocenters. The van der Waals surface area contributed by atoms with Gasteiger partial charge in [-0.05, 0) is 32.4 Å². The van der Waals surface area contributed by atoms with E-state index in [1.54, 1.807) is 7.11 Å². The zero-order valence-corrected chi connectivity index (χ0v) is 16.9. The van der Waals surface area contributed by atoms with Gasteiger partial charge in [0, 0.05) is 31.6 Å². The molecular formula is C17H30IN3O2. The van der Waals surface area contributed by atoms with Gasteiger partial charge in [0.05, 0.1) is 13.7 Å². The predicted molar refractivity (Wildman–Crippen MR) is 107 cm³/mol. The lowest BCUT2D eigenvalue weighted by molar-refractivity contribution is 0.311. The molecular weight excluding hydrogens is 405 g/mol. The van der Waals surface area contributed by atoms with Gasteiger partial charge in [0.1, 0.15) is 11.5 Å². The van der Waals surface area contributed by atoms with Crippen molar-refractivity contribution in [3.8, 4) is 11.5 Å². The number of hydrogen-bond acceptors (Lipinski definition) is 3. The Hall–Kier alpha value is -1.18. The topological polar surface area (TPSA) is 54.9 Å². The Labute approximate surface area is 157 Å². The van der Waals surface area contributed by atoms with Gasteiger partial charge < -0.3 is 20.1 Å². The van der Waals surface area contributed by atoms with Crippen molar-refractivity contribution >= 4 is 29.9 Å². The summed E-state index contributed by atoms with van der Waals surface area (Å²) in [5.41, 5.74) is 0. The van der Waals surface area contributed by atoms with E-state index in [0.717, 1.165) is 43.4 Å². The van der Waals surface area contributed by atoms with E-state index < -0.39 is 0 Å². The average Bonchev–Trinajstić information content (AvgIpc) is 2.54. The van der Waals surface area contributed by atoms with Crippen LogP contribution in [0.3, 0.4) is 0 Å². The van der Waals surface area contributed by atoms with Gasteiger partial charge in [0.25, 0.3) is 0 Å². The Morgan fingerprint density at radius 3 is 2.65 bits per heavy atom. The number of benzene rings is 1. The SMILES string of the molecule is CCNC(=NCCCOc1cccc(OC)c1)NC(C)CC.I. The lowest BCUT2D eigenvalue weighted by atomic mass is 10.3. The summed E-state index contributed by atoms with van der Waals surface area (Å²) >= 11 is 0. The number of guanidine groups is 1. The molecule has 0 heterocycles. The van der Waals surface area contributed by atoms with Crippen molar-refractivity contribution in [1.82, 2.24) is 10.6 Å². The van der Waals surface area contributed by atoms with E-state index in [0.29, 0.717) is 12.6 Å².